The van der Waals surface area contributed by atoms with Gasteiger partial charge in [0.2, 0.25) is 0 Å². The van der Waals surface area contributed by atoms with E-state index in [0.717, 1.165) is 17.2 Å². The van der Waals surface area contributed by atoms with Crippen molar-refractivity contribution in [2.75, 3.05) is 0 Å². The molecule has 0 spiro atoms. The van der Waals surface area contributed by atoms with Crippen molar-refractivity contribution in [1.29, 1.82) is 0 Å². The number of hydrogen-bond donors (Lipinski definition) is 1. The second-order valence-corrected chi connectivity index (χ2v) is 6.57. The van der Waals surface area contributed by atoms with E-state index < -0.39 is 10.8 Å². The van der Waals surface area contributed by atoms with Gasteiger partial charge in [0.1, 0.15) is 18.2 Å². The number of ether oxygens (including phenoxy) is 1. The van der Waals surface area contributed by atoms with Crippen LogP contribution in [0.1, 0.15) is 21.5 Å². The first-order chi connectivity index (χ1) is 13.9. The Labute approximate surface area is 171 Å². The van der Waals surface area contributed by atoms with Crippen molar-refractivity contribution in [3.8, 4) is 5.75 Å². The number of carbonyl (C=O) groups is 1. The Morgan fingerprint density at radius 2 is 1.69 bits per heavy atom. The van der Waals surface area contributed by atoms with Crippen LogP contribution in [-0.2, 0) is 13.2 Å². The van der Waals surface area contributed by atoms with E-state index in [2.05, 4.69) is 5.32 Å². The smallest absolute Gasteiger partial charge is 0.270 e. The Morgan fingerprint density at radius 3 is 2.34 bits per heavy atom. The zero-order valence-corrected chi connectivity index (χ0v) is 15.9. The van der Waals surface area contributed by atoms with E-state index in [-0.39, 0.29) is 28.6 Å². The summed E-state index contributed by atoms with van der Waals surface area (Å²) in [7, 11) is 0. The van der Waals surface area contributed by atoms with Gasteiger partial charge in [0.15, 0.2) is 0 Å². The fourth-order valence-electron chi connectivity index (χ4n) is 2.53. The van der Waals surface area contributed by atoms with Crippen molar-refractivity contribution in [1.82, 2.24) is 5.32 Å². The van der Waals surface area contributed by atoms with Crippen LogP contribution in [0.2, 0.25) is 5.02 Å². The molecule has 0 saturated carbocycles. The van der Waals surface area contributed by atoms with Gasteiger partial charge in [-0.05, 0) is 41.5 Å². The summed E-state index contributed by atoms with van der Waals surface area (Å²) in [6.45, 7) is 0.526. The fraction of sp³-hybridized carbons (Fsp3) is 0.0952. The van der Waals surface area contributed by atoms with E-state index in [1.165, 1.54) is 24.3 Å². The van der Waals surface area contributed by atoms with Crippen molar-refractivity contribution >= 4 is 23.2 Å². The molecule has 0 fully saturated rings. The highest BCUT2D eigenvalue weighted by Gasteiger charge is 2.15. The van der Waals surface area contributed by atoms with Crippen LogP contribution >= 0.6 is 11.6 Å². The number of amides is 1. The van der Waals surface area contributed by atoms with Gasteiger partial charge >= 0.3 is 0 Å². The number of carbonyl (C=O) groups excluding carboxylic acids is 1. The highest BCUT2D eigenvalue weighted by molar-refractivity contribution is 6.33. The Hall–Kier alpha value is -3.45. The summed E-state index contributed by atoms with van der Waals surface area (Å²) in [6, 6.07) is 16.8. The molecular formula is C21H16ClFN2O4. The van der Waals surface area contributed by atoms with Crippen LogP contribution in [-0.4, -0.2) is 10.8 Å². The largest absolute Gasteiger partial charge is 0.489 e. The molecule has 0 radical (unpaired) electrons. The summed E-state index contributed by atoms with van der Waals surface area (Å²) in [5, 5.41) is 13.7. The van der Waals surface area contributed by atoms with Gasteiger partial charge < -0.3 is 10.1 Å². The molecule has 0 unspecified atom stereocenters. The van der Waals surface area contributed by atoms with E-state index in [1.54, 1.807) is 36.4 Å². The van der Waals surface area contributed by atoms with Gasteiger partial charge in [0.05, 0.1) is 15.5 Å². The van der Waals surface area contributed by atoms with Gasteiger partial charge in [0, 0.05) is 18.7 Å². The van der Waals surface area contributed by atoms with Crippen LogP contribution in [0.3, 0.4) is 0 Å². The van der Waals surface area contributed by atoms with Crippen LogP contribution in [0, 0.1) is 15.9 Å². The molecule has 3 aromatic rings. The van der Waals surface area contributed by atoms with Crippen LogP contribution in [0.15, 0.2) is 66.7 Å². The molecule has 29 heavy (non-hydrogen) atoms. The number of hydrogen-bond acceptors (Lipinski definition) is 4. The number of nitro groups is 1. The summed E-state index contributed by atoms with van der Waals surface area (Å²) in [6.07, 6.45) is 0. The predicted molar refractivity (Wildman–Crippen MR) is 106 cm³/mol. The Kier molecular flexibility index (Phi) is 6.41. The molecular weight excluding hydrogens is 399 g/mol. The molecule has 0 heterocycles. The fourth-order valence-corrected chi connectivity index (χ4v) is 2.73. The van der Waals surface area contributed by atoms with Gasteiger partial charge in [0.25, 0.3) is 11.6 Å². The van der Waals surface area contributed by atoms with Gasteiger partial charge in [-0.1, -0.05) is 35.9 Å². The highest BCUT2D eigenvalue weighted by Crippen LogP contribution is 2.22. The van der Waals surface area contributed by atoms with Crippen molar-refractivity contribution < 1.29 is 18.8 Å². The molecule has 1 amide bonds. The number of nitrogens with zero attached hydrogens (tertiary/aromatic N) is 1. The lowest BCUT2D eigenvalue weighted by atomic mass is 10.1. The molecule has 8 heteroatoms. The second-order valence-electron chi connectivity index (χ2n) is 6.16. The van der Waals surface area contributed by atoms with Gasteiger partial charge in [-0.25, -0.2) is 4.39 Å². The SMILES string of the molecule is O=C(NCc1ccc(OCc2ccc(F)cc2)cc1)c1cc([N+](=O)[O-])ccc1Cl. The molecule has 0 aliphatic heterocycles. The molecule has 0 aliphatic carbocycles. The Balaban J connectivity index is 1.56. The predicted octanol–water partition coefficient (Wildman–Crippen LogP) is 4.90. The molecule has 0 saturated heterocycles. The number of non-ortho nitro benzene ring substituents is 1. The van der Waals surface area contributed by atoms with Crippen molar-refractivity contribution in [2.45, 2.75) is 13.2 Å². The van der Waals surface area contributed by atoms with E-state index in [1.807, 2.05) is 0 Å². The average Bonchev–Trinajstić information content (AvgIpc) is 2.72. The molecule has 0 bridgehead atoms. The third-order valence-corrected chi connectivity index (χ3v) is 4.43. The maximum absolute atomic E-state index is 12.9. The second kappa shape index (κ2) is 9.16. The zero-order valence-electron chi connectivity index (χ0n) is 15.1. The number of nitro benzene ring substituents is 1. The van der Waals surface area contributed by atoms with Crippen LogP contribution in [0.4, 0.5) is 10.1 Å². The molecule has 3 aromatic carbocycles. The lowest BCUT2D eigenvalue weighted by Gasteiger charge is -2.09. The maximum atomic E-state index is 12.9. The van der Waals surface area contributed by atoms with Gasteiger partial charge in [-0.15, -0.1) is 0 Å². The van der Waals surface area contributed by atoms with Crippen molar-refractivity contribution in [3.63, 3.8) is 0 Å². The van der Waals surface area contributed by atoms with Gasteiger partial charge in [-0.3, -0.25) is 14.9 Å². The topological polar surface area (TPSA) is 81.5 Å². The Bertz CT molecular complexity index is 1020. The first kappa shape index (κ1) is 20.3. The maximum Gasteiger partial charge on any atom is 0.270 e. The summed E-state index contributed by atoms with van der Waals surface area (Å²) >= 11 is 5.97. The van der Waals surface area contributed by atoms with Gasteiger partial charge in [-0.2, -0.15) is 0 Å². The average molecular weight is 415 g/mol. The lowest BCUT2D eigenvalue weighted by Crippen LogP contribution is -2.23. The summed E-state index contributed by atoms with van der Waals surface area (Å²) in [5.74, 6) is -0.173. The minimum absolute atomic E-state index is 0.0418. The quantitative estimate of drug-likeness (QED) is 0.440. The summed E-state index contributed by atoms with van der Waals surface area (Å²) < 4.78 is 18.5. The zero-order chi connectivity index (χ0) is 20.8. The van der Waals surface area contributed by atoms with Crippen LogP contribution in [0.5, 0.6) is 5.75 Å². The van der Waals surface area contributed by atoms with Crippen LogP contribution in [0.25, 0.3) is 0 Å². The minimum atomic E-state index is -0.586. The first-order valence-corrected chi connectivity index (χ1v) is 8.98. The van der Waals surface area contributed by atoms with Crippen molar-refractivity contribution in [3.05, 3.63) is 104 Å². The monoisotopic (exact) mass is 414 g/mol. The van der Waals surface area contributed by atoms with E-state index in [4.69, 9.17) is 16.3 Å². The number of rotatable bonds is 7. The highest BCUT2D eigenvalue weighted by atomic mass is 35.5. The van der Waals surface area contributed by atoms with Crippen LogP contribution < -0.4 is 10.1 Å². The molecule has 0 aromatic heterocycles. The normalized spacial score (nSPS) is 10.4. The van der Waals surface area contributed by atoms with E-state index in [9.17, 15) is 19.3 Å². The standard InChI is InChI=1S/C21H16ClFN2O4/c22-20-10-7-17(25(27)28)11-19(20)21(26)24-12-14-3-8-18(9-4-14)29-13-15-1-5-16(23)6-2-15/h1-11H,12-13H2,(H,24,26). The molecule has 6 nitrogen and oxygen atoms in total. The number of nitrogens with one attached hydrogen (secondary N) is 1. The molecule has 0 aliphatic rings. The molecule has 148 valence electrons. The lowest BCUT2D eigenvalue weighted by molar-refractivity contribution is -0.384. The minimum Gasteiger partial charge on any atom is -0.489 e. The van der Waals surface area contributed by atoms with Crippen molar-refractivity contribution in [2.24, 2.45) is 0 Å². The first-order valence-electron chi connectivity index (χ1n) is 8.61. The number of halogens is 2. The summed E-state index contributed by atoms with van der Waals surface area (Å²) in [5.41, 5.74) is 1.49. The Morgan fingerprint density at radius 1 is 1.03 bits per heavy atom. The van der Waals surface area contributed by atoms with E-state index >= 15 is 0 Å². The third-order valence-electron chi connectivity index (χ3n) is 4.10. The molecule has 1 N–H and O–H groups in total. The summed E-state index contributed by atoms with van der Waals surface area (Å²) in [4.78, 5) is 22.6. The van der Waals surface area contributed by atoms with E-state index in [0.29, 0.717) is 12.4 Å². The molecule has 0 atom stereocenters. The molecule has 3 rings (SSSR count). The number of benzene rings is 3. The third kappa shape index (κ3) is 5.52.